The second-order valence-corrected chi connectivity index (χ2v) is 12.5. The molecule has 1 aliphatic carbocycles. The lowest BCUT2D eigenvalue weighted by Gasteiger charge is -2.27. The van der Waals surface area contributed by atoms with E-state index in [0.717, 1.165) is 41.8 Å². The van der Waals surface area contributed by atoms with Gasteiger partial charge in [0.05, 0.1) is 12.6 Å². The summed E-state index contributed by atoms with van der Waals surface area (Å²) in [5, 5.41) is 6.34. The van der Waals surface area contributed by atoms with E-state index in [9.17, 15) is 22.8 Å². The highest BCUT2D eigenvalue weighted by atomic mass is 32.2. The van der Waals surface area contributed by atoms with E-state index in [1.807, 2.05) is 18.2 Å². The highest BCUT2D eigenvalue weighted by Crippen LogP contribution is 2.28. The first-order valence-electron chi connectivity index (χ1n) is 13.8. The minimum Gasteiger partial charge on any atom is -0.451 e. The molecule has 3 aromatic rings. The van der Waals surface area contributed by atoms with Crippen molar-refractivity contribution in [2.24, 2.45) is 5.92 Å². The van der Waals surface area contributed by atoms with Crippen molar-refractivity contribution < 1.29 is 27.2 Å². The molecular weight excluding hydrogens is 532 g/mol. The predicted octanol–water partition coefficient (Wildman–Crippen LogP) is 3.44. The lowest BCUT2D eigenvalue weighted by Crippen LogP contribution is -2.53. The van der Waals surface area contributed by atoms with Gasteiger partial charge in [-0.15, -0.1) is 0 Å². The van der Waals surface area contributed by atoms with Crippen molar-refractivity contribution in [3.8, 4) is 0 Å². The molecule has 0 bridgehead atoms. The van der Waals surface area contributed by atoms with E-state index in [-0.39, 0.29) is 29.8 Å². The topological polar surface area (TPSA) is 139 Å². The van der Waals surface area contributed by atoms with Crippen LogP contribution in [0, 0.1) is 5.92 Å². The predicted molar refractivity (Wildman–Crippen MR) is 148 cm³/mol. The van der Waals surface area contributed by atoms with Gasteiger partial charge in [-0.1, -0.05) is 56.4 Å². The number of fused-ring (bicyclic) bond motifs is 1. The van der Waals surface area contributed by atoms with Crippen molar-refractivity contribution in [2.75, 3.05) is 13.1 Å². The van der Waals surface area contributed by atoms with Crippen LogP contribution >= 0.6 is 0 Å². The summed E-state index contributed by atoms with van der Waals surface area (Å²) in [5.74, 6) is -0.945. The molecule has 1 saturated carbocycles. The Balaban J connectivity index is 1.28. The smallest absolute Gasteiger partial charge is 0.287 e. The van der Waals surface area contributed by atoms with Gasteiger partial charge in [-0.25, -0.2) is 13.4 Å². The Morgan fingerprint density at radius 2 is 1.80 bits per heavy atom. The van der Waals surface area contributed by atoms with Crippen LogP contribution in [-0.4, -0.2) is 60.5 Å². The largest absolute Gasteiger partial charge is 0.451 e. The van der Waals surface area contributed by atoms with E-state index >= 15 is 0 Å². The number of Topliss-reactive ketones (excluding diaryl/α,β-unsaturated/α-hetero) is 1. The summed E-state index contributed by atoms with van der Waals surface area (Å²) in [7, 11) is -3.94. The monoisotopic (exact) mass is 566 g/mol. The Hall–Kier alpha value is -3.57. The number of carbonyl (C=O) groups excluding carboxylic acids is 3. The first-order valence-corrected chi connectivity index (χ1v) is 15.3. The Bertz CT molecular complexity index is 1430. The van der Waals surface area contributed by atoms with Gasteiger partial charge in [-0.3, -0.25) is 14.4 Å². The van der Waals surface area contributed by atoms with E-state index in [4.69, 9.17) is 4.42 Å². The van der Waals surface area contributed by atoms with Gasteiger partial charge in [0.25, 0.3) is 15.9 Å². The third kappa shape index (κ3) is 6.42. The summed E-state index contributed by atoms with van der Waals surface area (Å²) < 4.78 is 32.9. The molecule has 10 nitrogen and oxygen atoms in total. The molecule has 212 valence electrons. The molecule has 2 fully saturated rings. The van der Waals surface area contributed by atoms with Crippen LogP contribution in [0.25, 0.3) is 11.0 Å². The molecule has 1 aromatic carbocycles. The molecule has 2 amide bonds. The summed E-state index contributed by atoms with van der Waals surface area (Å²) in [6.45, 7) is -0.214. The lowest BCUT2D eigenvalue weighted by atomic mass is 9.84. The molecule has 2 aliphatic rings. The summed E-state index contributed by atoms with van der Waals surface area (Å²) in [4.78, 5) is 43.8. The molecule has 2 N–H and O–H groups in total. The van der Waals surface area contributed by atoms with Gasteiger partial charge in [0.1, 0.15) is 11.6 Å². The van der Waals surface area contributed by atoms with Crippen molar-refractivity contribution in [2.45, 2.75) is 68.5 Å². The fraction of sp³-hybridized carbons (Fsp3) is 0.448. The number of rotatable bonds is 8. The number of sulfonamides is 1. The van der Waals surface area contributed by atoms with Crippen molar-refractivity contribution in [1.82, 2.24) is 19.9 Å². The molecule has 40 heavy (non-hydrogen) atoms. The van der Waals surface area contributed by atoms with Crippen LogP contribution in [0.2, 0.25) is 0 Å². The fourth-order valence-electron chi connectivity index (χ4n) is 5.57. The average Bonchev–Trinajstić information content (AvgIpc) is 3.32. The highest BCUT2D eigenvalue weighted by molar-refractivity contribution is 7.89. The van der Waals surface area contributed by atoms with Crippen LogP contribution in [0.1, 0.15) is 61.9 Å². The van der Waals surface area contributed by atoms with Gasteiger partial charge in [-0.05, 0) is 49.4 Å². The standard InChI is InChI=1S/C29H34N4O6S/c34-24-19-33(40(37,38)27-14-6-7-15-30-27)16-8-12-22(24)31-28(35)23(17-20-9-2-1-3-10-20)32-29(36)26-18-21-11-4-5-13-25(21)39-26/h4-7,11,13-15,18,20,22-23H,1-3,8-10,12,16-17,19H2,(H,31,35)(H,32,36)/t22-,23-/m0/s1. The summed E-state index contributed by atoms with van der Waals surface area (Å²) in [5.41, 5.74) is 0.579. The quantitative estimate of drug-likeness (QED) is 0.426. The van der Waals surface area contributed by atoms with Crippen molar-refractivity contribution in [3.05, 3.63) is 60.5 Å². The van der Waals surface area contributed by atoms with Gasteiger partial charge in [0, 0.05) is 18.1 Å². The zero-order valence-electron chi connectivity index (χ0n) is 22.3. The number of nitrogens with one attached hydrogen (secondary N) is 2. The van der Waals surface area contributed by atoms with Gasteiger partial charge in [0.15, 0.2) is 16.6 Å². The van der Waals surface area contributed by atoms with E-state index in [1.54, 1.807) is 24.3 Å². The van der Waals surface area contributed by atoms with Crippen molar-refractivity contribution in [1.29, 1.82) is 0 Å². The van der Waals surface area contributed by atoms with E-state index < -0.39 is 39.7 Å². The highest BCUT2D eigenvalue weighted by Gasteiger charge is 2.35. The number of ketones is 1. The molecule has 0 spiro atoms. The zero-order chi connectivity index (χ0) is 28.1. The SMILES string of the molecule is O=C(N[C@@H](CC1CCCCC1)C(=O)N[C@H]1CCCN(S(=O)(=O)c2ccccn2)CC1=O)c1cc2ccccc2o1. The van der Waals surface area contributed by atoms with Crippen LogP contribution in [-0.2, 0) is 19.6 Å². The second kappa shape index (κ2) is 12.3. The van der Waals surface area contributed by atoms with Crippen LogP contribution in [0.15, 0.2) is 64.2 Å². The minimum atomic E-state index is -3.94. The summed E-state index contributed by atoms with van der Waals surface area (Å²) in [6.07, 6.45) is 7.82. The molecule has 0 unspecified atom stereocenters. The number of aromatic nitrogens is 1. The molecule has 3 heterocycles. The van der Waals surface area contributed by atoms with Crippen molar-refractivity contribution >= 4 is 38.6 Å². The molecule has 1 aliphatic heterocycles. The van der Waals surface area contributed by atoms with Gasteiger partial charge in [0.2, 0.25) is 5.91 Å². The molecule has 1 saturated heterocycles. The molecular formula is C29H34N4O6S. The maximum absolute atomic E-state index is 13.5. The maximum atomic E-state index is 13.5. The van der Waals surface area contributed by atoms with E-state index in [1.165, 1.54) is 12.3 Å². The number of hydrogen-bond acceptors (Lipinski definition) is 7. The second-order valence-electron chi connectivity index (χ2n) is 10.6. The van der Waals surface area contributed by atoms with Crippen LogP contribution in [0.4, 0.5) is 0 Å². The van der Waals surface area contributed by atoms with Gasteiger partial charge < -0.3 is 15.1 Å². The third-order valence-corrected chi connectivity index (χ3v) is 9.51. The molecule has 0 radical (unpaired) electrons. The van der Waals surface area contributed by atoms with E-state index in [2.05, 4.69) is 15.6 Å². The Labute approximate surface area is 233 Å². The Morgan fingerprint density at radius 3 is 2.55 bits per heavy atom. The maximum Gasteiger partial charge on any atom is 0.287 e. The number of para-hydroxylation sites is 1. The minimum absolute atomic E-state index is 0.114. The number of amides is 2. The van der Waals surface area contributed by atoms with Gasteiger partial charge in [-0.2, -0.15) is 4.31 Å². The number of nitrogens with zero attached hydrogens (tertiary/aromatic N) is 2. The molecule has 2 aromatic heterocycles. The average molecular weight is 567 g/mol. The number of carbonyl (C=O) groups is 3. The number of benzene rings is 1. The Kier molecular flexibility index (Phi) is 8.60. The fourth-order valence-corrected chi connectivity index (χ4v) is 6.94. The molecule has 11 heteroatoms. The van der Waals surface area contributed by atoms with Crippen LogP contribution in [0.3, 0.4) is 0 Å². The number of hydrogen-bond donors (Lipinski definition) is 2. The van der Waals surface area contributed by atoms with Crippen LogP contribution < -0.4 is 10.6 Å². The Morgan fingerprint density at radius 1 is 1.02 bits per heavy atom. The van der Waals surface area contributed by atoms with Crippen molar-refractivity contribution in [3.63, 3.8) is 0 Å². The molecule has 5 rings (SSSR count). The summed E-state index contributed by atoms with van der Waals surface area (Å²) >= 11 is 0. The number of furan rings is 1. The normalized spacial score (nSPS) is 20.1. The number of pyridine rings is 1. The lowest BCUT2D eigenvalue weighted by molar-refractivity contribution is -0.129. The first kappa shape index (κ1) is 28.0. The van der Waals surface area contributed by atoms with E-state index in [0.29, 0.717) is 24.8 Å². The summed E-state index contributed by atoms with van der Waals surface area (Å²) in [6, 6.07) is 11.8. The van der Waals surface area contributed by atoms with Crippen LogP contribution in [0.5, 0.6) is 0 Å². The van der Waals surface area contributed by atoms with Gasteiger partial charge >= 0.3 is 0 Å². The third-order valence-electron chi connectivity index (χ3n) is 7.74. The zero-order valence-corrected chi connectivity index (χ0v) is 23.1. The first-order chi connectivity index (χ1) is 19.3. The molecule has 2 atom stereocenters.